The first-order valence-electron chi connectivity index (χ1n) is 22.7. The summed E-state index contributed by atoms with van der Waals surface area (Å²) >= 11 is 0. The molecule has 0 aromatic carbocycles. The van der Waals surface area contributed by atoms with Crippen molar-refractivity contribution in [1.82, 2.24) is 0 Å². The van der Waals surface area contributed by atoms with Crippen LogP contribution in [0.4, 0.5) is 0 Å². The first-order chi connectivity index (χ1) is 26.3. The Morgan fingerprint density at radius 3 is 1.31 bits per heavy atom. The van der Waals surface area contributed by atoms with Gasteiger partial charge < -0.3 is 20.1 Å². The maximum Gasteiger partial charge on any atom is 0.472 e. The molecule has 320 valence electrons. The summed E-state index contributed by atoms with van der Waals surface area (Å²) in [4.78, 5) is 34.9. The number of hydrogen-bond acceptors (Lipinski definition) is 8. The first kappa shape index (κ1) is 52.8. The highest BCUT2D eigenvalue weighted by Crippen LogP contribution is 2.43. The minimum Gasteiger partial charge on any atom is -0.462 e. The minimum absolute atomic E-state index is 0.0549. The SMILES string of the molecule is CCCCCCC/C=C/CCCCCCCC(=O)O[C@@H](COC(=O)CCCCCCCCCCCCCCCCCCCCC)COP(=O)(O)OCCN. The van der Waals surface area contributed by atoms with Crippen molar-refractivity contribution in [2.75, 3.05) is 26.4 Å². The summed E-state index contributed by atoms with van der Waals surface area (Å²) in [5.74, 6) is -0.827. The van der Waals surface area contributed by atoms with E-state index in [-0.39, 0.29) is 38.6 Å². The molecule has 0 saturated heterocycles. The number of esters is 2. The van der Waals surface area contributed by atoms with E-state index in [1.54, 1.807) is 0 Å². The Morgan fingerprint density at radius 1 is 0.537 bits per heavy atom. The zero-order valence-corrected chi connectivity index (χ0v) is 36.1. The van der Waals surface area contributed by atoms with E-state index in [4.69, 9.17) is 24.3 Å². The molecule has 0 fully saturated rings. The molecule has 0 aliphatic carbocycles. The van der Waals surface area contributed by atoms with Crippen molar-refractivity contribution in [3.63, 3.8) is 0 Å². The topological polar surface area (TPSA) is 134 Å². The molecule has 3 N–H and O–H groups in total. The molecule has 54 heavy (non-hydrogen) atoms. The van der Waals surface area contributed by atoms with Gasteiger partial charge >= 0.3 is 19.8 Å². The first-order valence-corrected chi connectivity index (χ1v) is 24.2. The average molecular weight is 788 g/mol. The molecule has 0 bridgehead atoms. The van der Waals surface area contributed by atoms with Crippen molar-refractivity contribution in [2.45, 2.75) is 232 Å². The molecule has 0 aromatic heterocycles. The third-order valence-electron chi connectivity index (χ3n) is 9.90. The molecule has 9 nitrogen and oxygen atoms in total. The van der Waals surface area contributed by atoms with Crippen LogP contribution >= 0.6 is 7.82 Å². The van der Waals surface area contributed by atoms with E-state index in [1.165, 1.54) is 141 Å². The minimum atomic E-state index is -4.37. The largest absolute Gasteiger partial charge is 0.472 e. The quantitative estimate of drug-likeness (QED) is 0.0268. The fourth-order valence-electron chi connectivity index (χ4n) is 6.51. The van der Waals surface area contributed by atoms with Crippen molar-refractivity contribution < 1.29 is 37.6 Å². The van der Waals surface area contributed by atoms with Gasteiger partial charge in [-0.2, -0.15) is 0 Å². The molecule has 0 aliphatic rings. The number of carbonyl (C=O) groups is 2. The lowest BCUT2D eigenvalue weighted by atomic mass is 10.0. The van der Waals surface area contributed by atoms with Crippen molar-refractivity contribution in [3.8, 4) is 0 Å². The summed E-state index contributed by atoms with van der Waals surface area (Å²) in [6, 6.07) is 0. The van der Waals surface area contributed by atoms with Crippen LogP contribution in [0.2, 0.25) is 0 Å². The zero-order chi connectivity index (χ0) is 39.6. The number of phosphoric acid groups is 1. The highest BCUT2D eigenvalue weighted by molar-refractivity contribution is 7.47. The molecule has 2 atom stereocenters. The number of nitrogens with two attached hydrogens (primary N) is 1. The van der Waals surface area contributed by atoms with Crippen molar-refractivity contribution in [2.24, 2.45) is 5.73 Å². The number of unbranched alkanes of at least 4 members (excludes halogenated alkanes) is 28. The number of ether oxygens (including phenoxy) is 2. The summed E-state index contributed by atoms with van der Waals surface area (Å²) in [6.07, 6.45) is 42.4. The lowest BCUT2D eigenvalue weighted by molar-refractivity contribution is -0.161. The summed E-state index contributed by atoms with van der Waals surface area (Å²) < 4.78 is 32.8. The smallest absolute Gasteiger partial charge is 0.462 e. The monoisotopic (exact) mass is 788 g/mol. The predicted molar refractivity (Wildman–Crippen MR) is 224 cm³/mol. The zero-order valence-electron chi connectivity index (χ0n) is 35.2. The van der Waals surface area contributed by atoms with Crippen LogP contribution in [0.1, 0.15) is 226 Å². The van der Waals surface area contributed by atoms with E-state index >= 15 is 0 Å². The normalized spacial score (nSPS) is 13.3. The van der Waals surface area contributed by atoms with Crippen LogP contribution in [-0.2, 0) is 32.7 Å². The van der Waals surface area contributed by atoms with Gasteiger partial charge in [-0.15, -0.1) is 0 Å². The number of hydrogen-bond donors (Lipinski definition) is 2. The molecular weight excluding hydrogens is 701 g/mol. The molecule has 0 rings (SSSR count). The van der Waals surface area contributed by atoms with Gasteiger partial charge in [-0.25, -0.2) is 4.57 Å². The summed E-state index contributed by atoms with van der Waals surface area (Å²) in [7, 11) is -4.37. The molecular formula is C44H86NO8P. The number of rotatable bonds is 43. The number of phosphoric ester groups is 1. The highest BCUT2D eigenvalue weighted by Gasteiger charge is 2.26. The van der Waals surface area contributed by atoms with Crippen LogP contribution in [0, 0.1) is 0 Å². The maximum absolute atomic E-state index is 12.6. The van der Waals surface area contributed by atoms with Crippen molar-refractivity contribution >= 4 is 19.8 Å². The lowest BCUT2D eigenvalue weighted by Gasteiger charge is -2.19. The van der Waals surface area contributed by atoms with Crippen LogP contribution in [0.25, 0.3) is 0 Å². The van der Waals surface area contributed by atoms with Gasteiger partial charge in [-0.3, -0.25) is 18.6 Å². The Kier molecular flexibility index (Phi) is 40.4. The fourth-order valence-corrected chi connectivity index (χ4v) is 7.28. The molecule has 0 aliphatic heterocycles. The van der Waals surface area contributed by atoms with E-state index < -0.39 is 26.5 Å². The van der Waals surface area contributed by atoms with Crippen LogP contribution in [0.5, 0.6) is 0 Å². The van der Waals surface area contributed by atoms with Crippen LogP contribution in [0.15, 0.2) is 12.2 Å². The third kappa shape index (κ3) is 40.4. The van der Waals surface area contributed by atoms with E-state index in [0.29, 0.717) is 6.42 Å². The van der Waals surface area contributed by atoms with Gasteiger partial charge in [0, 0.05) is 19.4 Å². The van der Waals surface area contributed by atoms with E-state index in [1.807, 2.05) is 0 Å². The van der Waals surface area contributed by atoms with Crippen LogP contribution < -0.4 is 5.73 Å². The van der Waals surface area contributed by atoms with Gasteiger partial charge in [0.2, 0.25) is 0 Å². The molecule has 1 unspecified atom stereocenters. The predicted octanol–water partition coefficient (Wildman–Crippen LogP) is 13.0. The Bertz CT molecular complexity index is 902. The molecule has 0 heterocycles. The van der Waals surface area contributed by atoms with Gasteiger partial charge in [-0.05, 0) is 38.5 Å². The van der Waals surface area contributed by atoms with E-state index in [0.717, 1.165) is 51.4 Å². The van der Waals surface area contributed by atoms with Crippen LogP contribution in [-0.4, -0.2) is 49.3 Å². The van der Waals surface area contributed by atoms with E-state index in [9.17, 15) is 19.0 Å². The molecule has 0 spiro atoms. The molecule has 0 aromatic rings. The van der Waals surface area contributed by atoms with Crippen molar-refractivity contribution in [3.05, 3.63) is 12.2 Å². The average Bonchev–Trinajstić information content (AvgIpc) is 3.16. The Hall–Kier alpha value is -1.25. The lowest BCUT2D eigenvalue weighted by Crippen LogP contribution is -2.29. The van der Waals surface area contributed by atoms with Crippen LogP contribution in [0.3, 0.4) is 0 Å². The Labute approximate surface area is 332 Å². The second-order valence-corrected chi connectivity index (χ2v) is 16.7. The summed E-state index contributed by atoms with van der Waals surface area (Å²) in [5.41, 5.74) is 5.35. The van der Waals surface area contributed by atoms with Gasteiger partial charge in [0.05, 0.1) is 13.2 Å². The second-order valence-electron chi connectivity index (χ2n) is 15.3. The molecule has 0 saturated carbocycles. The standard InChI is InChI=1S/C44H86NO8P/c1-3-5-7-9-11-13-15-17-19-20-21-22-23-25-26-28-30-32-34-36-43(46)50-40-42(41-52-54(48,49)51-39-38-45)53-44(47)37-35-33-31-29-27-24-18-16-14-12-10-8-6-4-2/h16,18,42H,3-15,17,19-41,45H2,1-2H3,(H,48,49)/b18-16+/t42-/m0/s1. The number of allylic oxidation sites excluding steroid dienone is 2. The Morgan fingerprint density at radius 2 is 0.907 bits per heavy atom. The van der Waals surface area contributed by atoms with Gasteiger partial charge in [0.1, 0.15) is 6.61 Å². The fraction of sp³-hybridized carbons (Fsp3) is 0.909. The summed E-state index contributed by atoms with van der Waals surface area (Å²) in [6.45, 7) is 3.75. The third-order valence-corrected chi connectivity index (χ3v) is 10.9. The van der Waals surface area contributed by atoms with Gasteiger partial charge in [0.15, 0.2) is 6.10 Å². The van der Waals surface area contributed by atoms with E-state index in [2.05, 4.69) is 26.0 Å². The van der Waals surface area contributed by atoms with Gasteiger partial charge in [-0.1, -0.05) is 187 Å². The molecule has 10 heteroatoms. The number of carbonyl (C=O) groups excluding carboxylic acids is 2. The Balaban J connectivity index is 4.07. The van der Waals surface area contributed by atoms with Gasteiger partial charge in [0.25, 0.3) is 0 Å². The maximum atomic E-state index is 12.6. The summed E-state index contributed by atoms with van der Waals surface area (Å²) in [5, 5.41) is 0. The molecule has 0 amide bonds. The van der Waals surface area contributed by atoms with Crippen molar-refractivity contribution in [1.29, 1.82) is 0 Å². The highest BCUT2D eigenvalue weighted by atomic mass is 31.2. The molecule has 0 radical (unpaired) electrons. The second kappa shape index (κ2) is 41.4.